The molecule has 1 aromatic heterocycles. The van der Waals surface area contributed by atoms with E-state index in [1.165, 1.54) is 5.56 Å². The van der Waals surface area contributed by atoms with Crippen molar-refractivity contribution in [3.63, 3.8) is 0 Å². The third-order valence-electron chi connectivity index (χ3n) is 2.44. The molecule has 3 heteroatoms. The molecule has 0 saturated carbocycles. The zero-order chi connectivity index (χ0) is 10.7. The van der Waals surface area contributed by atoms with Crippen LogP contribution in [0.5, 0.6) is 11.6 Å². The lowest BCUT2D eigenvalue weighted by Gasteiger charge is -2.14. The summed E-state index contributed by atoms with van der Waals surface area (Å²) < 4.78 is 10.4. The van der Waals surface area contributed by atoms with Gasteiger partial charge >= 0.3 is 0 Å². The van der Waals surface area contributed by atoms with Gasteiger partial charge < -0.3 is 9.47 Å². The van der Waals surface area contributed by atoms with Crippen LogP contribution in [-0.4, -0.2) is 19.2 Å². The highest BCUT2D eigenvalue weighted by Gasteiger charge is 2.14. The van der Waals surface area contributed by atoms with Gasteiger partial charge in [0.25, 0.3) is 5.88 Å². The molecule has 0 bridgehead atoms. The molecule has 0 fully saturated rings. The van der Waals surface area contributed by atoms with Crippen molar-refractivity contribution in [2.45, 2.75) is 27.2 Å². The van der Waals surface area contributed by atoms with Crippen LogP contribution in [0.15, 0.2) is 0 Å². The van der Waals surface area contributed by atoms with Crippen LogP contribution in [-0.2, 0) is 6.42 Å². The van der Waals surface area contributed by atoms with Gasteiger partial charge in [-0.05, 0) is 25.8 Å². The minimum atomic E-state index is 0.569. The van der Waals surface area contributed by atoms with Crippen LogP contribution in [0.25, 0.3) is 0 Å². The first-order chi connectivity index (χ1) is 6.65. The Morgan fingerprint density at radius 3 is 2.21 bits per heavy atom. The fourth-order valence-electron chi connectivity index (χ4n) is 1.74. The summed E-state index contributed by atoms with van der Waals surface area (Å²) in [5.41, 5.74) is 3.38. The van der Waals surface area contributed by atoms with Crippen molar-refractivity contribution in [3.8, 4) is 11.6 Å². The predicted octanol–water partition coefficient (Wildman–Crippen LogP) is 2.28. The first-order valence-electron chi connectivity index (χ1n) is 4.73. The Hall–Kier alpha value is -1.25. The molecular formula is C11H17NO2. The number of aromatic nitrogens is 1. The van der Waals surface area contributed by atoms with E-state index >= 15 is 0 Å². The van der Waals surface area contributed by atoms with Gasteiger partial charge in [-0.15, -0.1) is 0 Å². The molecule has 0 saturated heterocycles. The Morgan fingerprint density at radius 2 is 1.79 bits per heavy atom. The fraction of sp³-hybridized carbons (Fsp3) is 0.545. The zero-order valence-corrected chi connectivity index (χ0v) is 9.47. The molecule has 0 aromatic carbocycles. The molecule has 0 aliphatic heterocycles. The minimum Gasteiger partial charge on any atom is -0.491 e. The topological polar surface area (TPSA) is 31.4 Å². The largest absolute Gasteiger partial charge is 0.491 e. The Bertz CT molecular complexity index is 335. The molecule has 0 atom stereocenters. The quantitative estimate of drug-likeness (QED) is 0.741. The van der Waals surface area contributed by atoms with Gasteiger partial charge in [-0.1, -0.05) is 6.92 Å². The molecule has 0 aliphatic rings. The summed E-state index contributed by atoms with van der Waals surface area (Å²) in [5.74, 6) is 1.31. The maximum absolute atomic E-state index is 5.28. The van der Waals surface area contributed by atoms with Gasteiger partial charge in [-0.25, -0.2) is 4.98 Å². The van der Waals surface area contributed by atoms with Crippen molar-refractivity contribution < 1.29 is 9.47 Å². The third-order valence-corrected chi connectivity index (χ3v) is 2.44. The van der Waals surface area contributed by atoms with E-state index in [1.54, 1.807) is 14.2 Å². The van der Waals surface area contributed by atoms with Crippen LogP contribution in [0.1, 0.15) is 23.7 Å². The number of methoxy groups -OCH3 is 2. The highest BCUT2D eigenvalue weighted by Crippen LogP contribution is 2.32. The second-order valence-corrected chi connectivity index (χ2v) is 3.20. The lowest BCUT2D eigenvalue weighted by molar-refractivity contribution is 0.339. The summed E-state index contributed by atoms with van der Waals surface area (Å²) in [6.07, 6.45) is 0.963. The van der Waals surface area contributed by atoms with Crippen molar-refractivity contribution in [3.05, 3.63) is 16.8 Å². The fourth-order valence-corrected chi connectivity index (χ4v) is 1.74. The lowest BCUT2D eigenvalue weighted by Crippen LogP contribution is -2.02. The molecule has 0 amide bonds. The standard InChI is InChI=1S/C11H17NO2/c1-6-9-7(2)10(13-4)11(14-5)12-8(9)3/h6H2,1-5H3. The second kappa shape index (κ2) is 4.31. The van der Waals surface area contributed by atoms with E-state index in [1.807, 2.05) is 13.8 Å². The molecular weight excluding hydrogens is 178 g/mol. The highest BCUT2D eigenvalue weighted by atomic mass is 16.5. The van der Waals surface area contributed by atoms with Crippen molar-refractivity contribution >= 4 is 0 Å². The number of hydrogen-bond donors (Lipinski definition) is 0. The monoisotopic (exact) mass is 195 g/mol. The molecule has 1 heterocycles. The zero-order valence-electron chi connectivity index (χ0n) is 9.47. The lowest BCUT2D eigenvalue weighted by atomic mass is 10.0. The predicted molar refractivity (Wildman–Crippen MR) is 56.2 cm³/mol. The van der Waals surface area contributed by atoms with Crippen LogP contribution in [0, 0.1) is 13.8 Å². The van der Waals surface area contributed by atoms with Crippen molar-refractivity contribution in [2.75, 3.05) is 14.2 Å². The summed E-state index contributed by atoms with van der Waals surface area (Å²) in [7, 11) is 3.25. The Morgan fingerprint density at radius 1 is 1.14 bits per heavy atom. The second-order valence-electron chi connectivity index (χ2n) is 3.20. The molecule has 0 spiro atoms. The third kappa shape index (κ3) is 1.67. The van der Waals surface area contributed by atoms with Gasteiger partial charge in [0.1, 0.15) is 0 Å². The van der Waals surface area contributed by atoms with E-state index in [2.05, 4.69) is 11.9 Å². The smallest absolute Gasteiger partial charge is 0.257 e. The van der Waals surface area contributed by atoms with Crippen molar-refractivity contribution in [2.24, 2.45) is 0 Å². The Balaban J connectivity index is 3.39. The molecule has 14 heavy (non-hydrogen) atoms. The summed E-state index contributed by atoms with van der Waals surface area (Å²) in [6, 6.07) is 0. The summed E-state index contributed by atoms with van der Waals surface area (Å²) in [4.78, 5) is 4.35. The molecule has 0 unspecified atom stereocenters. The average molecular weight is 195 g/mol. The number of hydrogen-bond acceptors (Lipinski definition) is 3. The van der Waals surface area contributed by atoms with Crippen molar-refractivity contribution in [1.29, 1.82) is 0 Å². The number of pyridine rings is 1. The van der Waals surface area contributed by atoms with Gasteiger partial charge in [0.05, 0.1) is 14.2 Å². The SMILES string of the molecule is CCc1c(C)nc(OC)c(OC)c1C. The number of nitrogens with zero attached hydrogens (tertiary/aromatic N) is 1. The number of aryl methyl sites for hydroxylation is 1. The maximum Gasteiger partial charge on any atom is 0.257 e. The molecule has 3 nitrogen and oxygen atoms in total. The number of rotatable bonds is 3. The van der Waals surface area contributed by atoms with E-state index in [0.29, 0.717) is 5.88 Å². The van der Waals surface area contributed by atoms with E-state index in [0.717, 1.165) is 23.4 Å². The van der Waals surface area contributed by atoms with Gasteiger partial charge in [0.15, 0.2) is 5.75 Å². The first-order valence-corrected chi connectivity index (χ1v) is 4.73. The van der Waals surface area contributed by atoms with Gasteiger partial charge in [-0.2, -0.15) is 0 Å². The van der Waals surface area contributed by atoms with E-state index in [9.17, 15) is 0 Å². The highest BCUT2D eigenvalue weighted by molar-refractivity contribution is 5.47. The van der Waals surface area contributed by atoms with Gasteiger partial charge in [0, 0.05) is 11.3 Å². The van der Waals surface area contributed by atoms with Gasteiger partial charge in [0.2, 0.25) is 0 Å². The Labute approximate surface area is 85.1 Å². The maximum atomic E-state index is 5.28. The van der Waals surface area contributed by atoms with Crippen LogP contribution in [0.3, 0.4) is 0 Å². The summed E-state index contributed by atoms with van der Waals surface area (Å²) in [6.45, 7) is 6.14. The Kier molecular flexibility index (Phi) is 3.33. The van der Waals surface area contributed by atoms with E-state index in [-0.39, 0.29) is 0 Å². The molecule has 1 aromatic rings. The van der Waals surface area contributed by atoms with Crippen LogP contribution < -0.4 is 9.47 Å². The average Bonchev–Trinajstić information content (AvgIpc) is 2.17. The normalized spacial score (nSPS) is 10.1. The van der Waals surface area contributed by atoms with E-state index in [4.69, 9.17) is 9.47 Å². The van der Waals surface area contributed by atoms with Crippen molar-refractivity contribution in [1.82, 2.24) is 4.98 Å². The molecule has 0 radical (unpaired) electrons. The van der Waals surface area contributed by atoms with Crippen LogP contribution in [0.2, 0.25) is 0 Å². The van der Waals surface area contributed by atoms with Crippen LogP contribution in [0.4, 0.5) is 0 Å². The summed E-state index contributed by atoms with van der Waals surface area (Å²) >= 11 is 0. The van der Waals surface area contributed by atoms with Crippen LogP contribution >= 0.6 is 0 Å². The number of ether oxygens (including phenoxy) is 2. The van der Waals surface area contributed by atoms with E-state index < -0.39 is 0 Å². The molecule has 0 N–H and O–H groups in total. The molecule has 78 valence electrons. The van der Waals surface area contributed by atoms with Gasteiger partial charge in [-0.3, -0.25) is 0 Å². The minimum absolute atomic E-state index is 0.569. The first kappa shape index (κ1) is 10.8. The molecule has 0 aliphatic carbocycles. The molecule has 1 rings (SSSR count). The summed E-state index contributed by atoms with van der Waals surface area (Å²) in [5, 5.41) is 0.